The van der Waals surface area contributed by atoms with Crippen LogP contribution in [0.5, 0.6) is 5.88 Å². The molecular weight excluding hydrogens is 396 g/mol. The van der Waals surface area contributed by atoms with E-state index in [9.17, 15) is 4.79 Å². The molecule has 9 nitrogen and oxygen atoms in total. The maximum Gasteiger partial charge on any atom is 0.294 e. The van der Waals surface area contributed by atoms with Gasteiger partial charge in [0.1, 0.15) is 5.52 Å². The highest BCUT2D eigenvalue weighted by atomic mass is 16.5. The molecule has 0 saturated heterocycles. The summed E-state index contributed by atoms with van der Waals surface area (Å²) in [5, 5.41) is 3.10. The van der Waals surface area contributed by atoms with Crippen molar-refractivity contribution >= 4 is 16.9 Å². The number of anilines is 1. The molecule has 0 aromatic carbocycles. The summed E-state index contributed by atoms with van der Waals surface area (Å²) in [6, 6.07) is 5.55. The minimum atomic E-state index is -0.142. The quantitative estimate of drug-likeness (QED) is 0.465. The Kier molecular flexibility index (Phi) is 7.91. The van der Waals surface area contributed by atoms with Gasteiger partial charge in [0.05, 0.1) is 31.1 Å². The van der Waals surface area contributed by atoms with E-state index in [2.05, 4.69) is 27.2 Å². The maximum absolute atomic E-state index is 13.3. The molecule has 0 fully saturated rings. The monoisotopic (exact) mass is 426 g/mol. The summed E-state index contributed by atoms with van der Waals surface area (Å²) in [6.45, 7) is 5.03. The fraction of sp³-hybridized carbons (Fsp3) is 0.455. The zero-order valence-corrected chi connectivity index (χ0v) is 18.6. The van der Waals surface area contributed by atoms with Gasteiger partial charge in [-0.05, 0) is 25.6 Å². The van der Waals surface area contributed by atoms with Crippen molar-refractivity contribution in [2.75, 3.05) is 52.4 Å². The first-order valence-electron chi connectivity index (χ1n) is 10.4. The molecule has 0 bridgehead atoms. The summed E-state index contributed by atoms with van der Waals surface area (Å²) < 4.78 is 12.5. The Labute approximate surface area is 182 Å². The van der Waals surface area contributed by atoms with Crippen molar-refractivity contribution < 1.29 is 9.47 Å². The number of rotatable bonds is 11. The van der Waals surface area contributed by atoms with Crippen molar-refractivity contribution in [3.05, 3.63) is 40.9 Å². The molecule has 0 aliphatic carbocycles. The third-order valence-corrected chi connectivity index (χ3v) is 4.92. The minimum absolute atomic E-state index is 0.142. The Balaban J connectivity index is 2.06. The summed E-state index contributed by atoms with van der Waals surface area (Å²) in [5.74, 6) is 0.935. The molecule has 3 aromatic rings. The Morgan fingerprint density at radius 2 is 2.03 bits per heavy atom. The average molecular weight is 427 g/mol. The van der Waals surface area contributed by atoms with Crippen LogP contribution in [0.1, 0.15) is 13.3 Å². The van der Waals surface area contributed by atoms with Gasteiger partial charge in [-0.1, -0.05) is 6.92 Å². The van der Waals surface area contributed by atoms with Crippen LogP contribution in [0.2, 0.25) is 0 Å². The van der Waals surface area contributed by atoms with Gasteiger partial charge in [-0.25, -0.2) is 9.97 Å². The van der Waals surface area contributed by atoms with E-state index >= 15 is 0 Å². The molecule has 0 aliphatic heterocycles. The van der Waals surface area contributed by atoms with Crippen LogP contribution >= 0.6 is 0 Å². The lowest BCUT2D eigenvalue weighted by Crippen LogP contribution is -2.35. The van der Waals surface area contributed by atoms with E-state index in [1.807, 2.05) is 31.1 Å². The van der Waals surface area contributed by atoms with E-state index in [1.54, 1.807) is 30.1 Å². The number of nitrogens with zero attached hydrogens (tertiary/aromatic N) is 5. The summed E-state index contributed by atoms with van der Waals surface area (Å²) in [4.78, 5) is 28.6. The summed E-state index contributed by atoms with van der Waals surface area (Å²) in [6.07, 6.45) is 4.34. The number of ether oxygens (including phenoxy) is 2. The molecule has 0 unspecified atom stereocenters. The van der Waals surface area contributed by atoms with Gasteiger partial charge in [0.25, 0.3) is 5.56 Å². The second kappa shape index (κ2) is 10.8. The summed E-state index contributed by atoms with van der Waals surface area (Å²) in [5.41, 5.74) is 2.78. The fourth-order valence-corrected chi connectivity index (χ4v) is 3.20. The van der Waals surface area contributed by atoms with Crippen molar-refractivity contribution in [2.24, 2.45) is 0 Å². The molecular formula is C22H30N6O3. The molecule has 0 aliphatic rings. The van der Waals surface area contributed by atoms with Gasteiger partial charge in [0, 0.05) is 51.1 Å². The number of nitrogens with one attached hydrogen (secondary N) is 1. The Morgan fingerprint density at radius 3 is 2.71 bits per heavy atom. The first-order valence-corrected chi connectivity index (χ1v) is 10.4. The molecule has 3 aromatic heterocycles. The largest absolute Gasteiger partial charge is 0.481 e. The molecule has 0 radical (unpaired) electrons. The summed E-state index contributed by atoms with van der Waals surface area (Å²) >= 11 is 0. The number of hydrogen-bond donors (Lipinski definition) is 1. The van der Waals surface area contributed by atoms with E-state index in [-0.39, 0.29) is 5.56 Å². The first kappa shape index (κ1) is 22.6. The lowest BCUT2D eigenvalue weighted by molar-refractivity contribution is 0.127. The molecule has 3 rings (SSSR count). The lowest BCUT2D eigenvalue weighted by atomic mass is 10.2. The molecule has 166 valence electrons. The number of aromatic nitrogens is 4. The highest BCUT2D eigenvalue weighted by molar-refractivity contribution is 5.80. The molecule has 0 amide bonds. The Morgan fingerprint density at radius 1 is 1.19 bits per heavy atom. The maximum atomic E-state index is 13.3. The second-order valence-electron chi connectivity index (χ2n) is 7.18. The fourth-order valence-electron chi connectivity index (χ4n) is 3.20. The normalized spacial score (nSPS) is 11.1. The summed E-state index contributed by atoms with van der Waals surface area (Å²) in [7, 11) is 5.33. The number of pyridine rings is 2. The number of methoxy groups -OCH3 is 1. The lowest BCUT2D eigenvalue weighted by Gasteiger charge is -2.20. The molecule has 0 saturated carbocycles. The van der Waals surface area contributed by atoms with Gasteiger partial charge in [-0.3, -0.25) is 9.78 Å². The van der Waals surface area contributed by atoms with Crippen LogP contribution in [0.3, 0.4) is 0 Å². The second-order valence-corrected chi connectivity index (χ2v) is 7.18. The molecule has 1 N–H and O–H groups in total. The minimum Gasteiger partial charge on any atom is -0.481 e. The number of fused-ring (bicyclic) bond motifs is 1. The topological polar surface area (TPSA) is 94.4 Å². The van der Waals surface area contributed by atoms with Crippen LogP contribution in [0.15, 0.2) is 35.4 Å². The molecule has 9 heteroatoms. The SMILES string of the molecule is CCCOCCn1c(=O)c(N(C)CCNC)nc2cnc(-c3ccc(OC)nc3)cc21. The molecule has 0 atom stereocenters. The Bertz CT molecular complexity index is 1050. The van der Waals surface area contributed by atoms with E-state index in [4.69, 9.17) is 9.47 Å². The van der Waals surface area contributed by atoms with Crippen LogP contribution in [-0.2, 0) is 11.3 Å². The molecule has 31 heavy (non-hydrogen) atoms. The van der Waals surface area contributed by atoms with Crippen LogP contribution in [0, 0.1) is 0 Å². The van der Waals surface area contributed by atoms with Crippen LogP contribution in [0.25, 0.3) is 22.3 Å². The van der Waals surface area contributed by atoms with E-state index in [1.165, 1.54) is 0 Å². The predicted octanol–water partition coefficient (Wildman–Crippen LogP) is 1.94. The number of likely N-dealkylation sites (N-methyl/N-ethyl adjacent to an activating group) is 2. The number of hydrogen-bond acceptors (Lipinski definition) is 8. The zero-order chi connectivity index (χ0) is 22.2. The molecule has 0 spiro atoms. The Hall–Kier alpha value is -3.04. The van der Waals surface area contributed by atoms with E-state index in [0.29, 0.717) is 49.2 Å². The van der Waals surface area contributed by atoms with E-state index in [0.717, 1.165) is 24.0 Å². The van der Waals surface area contributed by atoms with Crippen LogP contribution < -0.4 is 20.5 Å². The third-order valence-electron chi connectivity index (χ3n) is 4.92. The van der Waals surface area contributed by atoms with Gasteiger partial charge in [0.15, 0.2) is 5.82 Å². The van der Waals surface area contributed by atoms with Gasteiger partial charge < -0.3 is 24.3 Å². The molecule has 3 heterocycles. The standard InChI is InChI=1S/C22H30N6O3/c1-5-11-31-12-10-28-19-13-17(16-6-7-20(30-4)25-14-16)24-15-18(19)26-21(22(28)29)27(3)9-8-23-2/h6-7,13-15,23H,5,8-12H2,1-4H3. The third kappa shape index (κ3) is 5.36. The highest BCUT2D eigenvalue weighted by Crippen LogP contribution is 2.22. The van der Waals surface area contributed by atoms with Crippen molar-refractivity contribution in [3.63, 3.8) is 0 Å². The highest BCUT2D eigenvalue weighted by Gasteiger charge is 2.16. The van der Waals surface area contributed by atoms with Gasteiger partial charge in [-0.2, -0.15) is 0 Å². The average Bonchev–Trinajstić information content (AvgIpc) is 2.80. The van der Waals surface area contributed by atoms with Crippen LogP contribution in [-0.4, -0.2) is 67.0 Å². The van der Waals surface area contributed by atoms with Crippen LogP contribution in [0.4, 0.5) is 5.82 Å². The van der Waals surface area contributed by atoms with Gasteiger partial charge >= 0.3 is 0 Å². The van der Waals surface area contributed by atoms with Crippen molar-refractivity contribution in [1.82, 2.24) is 24.8 Å². The van der Waals surface area contributed by atoms with Crippen molar-refractivity contribution in [3.8, 4) is 17.1 Å². The van der Waals surface area contributed by atoms with Crippen molar-refractivity contribution in [2.45, 2.75) is 19.9 Å². The van der Waals surface area contributed by atoms with Gasteiger partial charge in [0.2, 0.25) is 5.88 Å². The predicted molar refractivity (Wildman–Crippen MR) is 122 cm³/mol. The zero-order valence-electron chi connectivity index (χ0n) is 18.6. The van der Waals surface area contributed by atoms with Gasteiger partial charge in [-0.15, -0.1) is 0 Å². The van der Waals surface area contributed by atoms with Crippen molar-refractivity contribution in [1.29, 1.82) is 0 Å². The first-order chi connectivity index (χ1) is 15.1. The van der Waals surface area contributed by atoms with E-state index < -0.39 is 0 Å². The smallest absolute Gasteiger partial charge is 0.294 e.